The molecule has 1 N–H and O–H groups in total. The predicted octanol–water partition coefficient (Wildman–Crippen LogP) is 3.76. The average Bonchev–Trinajstić information content (AvgIpc) is 2.47. The molecule has 6 heteroatoms. The molecule has 1 heterocycles. The van der Waals surface area contributed by atoms with Gasteiger partial charge < -0.3 is 10.1 Å². The molecule has 2 rings (SSSR count). The van der Waals surface area contributed by atoms with Crippen LogP contribution < -0.4 is 5.32 Å². The summed E-state index contributed by atoms with van der Waals surface area (Å²) in [6, 6.07) is 6.76. The van der Waals surface area contributed by atoms with Crippen molar-refractivity contribution in [2.75, 3.05) is 6.61 Å². The zero-order valence-corrected chi connectivity index (χ0v) is 15.3. The highest BCUT2D eigenvalue weighted by Crippen LogP contribution is 2.32. The smallest absolute Gasteiger partial charge is 0.338 e. The number of amides is 2. The highest BCUT2D eigenvalue weighted by atomic mass is 79.9. The number of halogens is 1. The van der Waals surface area contributed by atoms with Crippen LogP contribution in [0.3, 0.4) is 0 Å². The molecule has 0 unspecified atom stereocenters. The van der Waals surface area contributed by atoms with E-state index in [0.29, 0.717) is 11.3 Å². The van der Waals surface area contributed by atoms with E-state index in [1.165, 1.54) is 0 Å². The minimum Gasteiger partial charge on any atom is -0.463 e. The first kappa shape index (κ1) is 17.5. The highest BCUT2D eigenvalue weighted by molar-refractivity contribution is 9.10. The summed E-state index contributed by atoms with van der Waals surface area (Å²) >= 11 is 3.39. The van der Waals surface area contributed by atoms with E-state index in [1.54, 1.807) is 18.7 Å². The van der Waals surface area contributed by atoms with Gasteiger partial charge in [0.1, 0.15) is 0 Å². The molecule has 0 fully saturated rings. The zero-order valence-electron chi connectivity index (χ0n) is 13.7. The topological polar surface area (TPSA) is 58.6 Å². The number of hydrogen-bond donors (Lipinski definition) is 1. The van der Waals surface area contributed by atoms with Gasteiger partial charge in [-0.15, -0.1) is 0 Å². The number of nitrogens with zero attached hydrogens (tertiary/aromatic N) is 1. The van der Waals surface area contributed by atoms with Gasteiger partial charge in [-0.25, -0.2) is 9.59 Å². The monoisotopic (exact) mass is 380 g/mol. The van der Waals surface area contributed by atoms with Crippen molar-refractivity contribution in [3.8, 4) is 0 Å². The van der Waals surface area contributed by atoms with Crippen LogP contribution in [0.25, 0.3) is 0 Å². The Balaban J connectivity index is 2.53. The van der Waals surface area contributed by atoms with Crippen molar-refractivity contribution in [1.29, 1.82) is 0 Å². The number of nitrogens with one attached hydrogen (secondary N) is 1. The summed E-state index contributed by atoms with van der Waals surface area (Å²) in [7, 11) is 0. The number of benzene rings is 1. The number of esters is 1. The fourth-order valence-electron chi connectivity index (χ4n) is 2.76. The Hall–Kier alpha value is -1.82. The summed E-state index contributed by atoms with van der Waals surface area (Å²) in [4.78, 5) is 26.5. The van der Waals surface area contributed by atoms with Crippen LogP contribution in [-0.4, -0.2) is 29.5 Å². The molecular formula is C17H21BrN2O3. The molecule has 1 aromatic rings. The van der Waals surface area contributed by atoms with Gasteiger partial charge in [0.2, 0.25) is 0 Å². The Morgan fingerprint density at radius 3 is 2.48 bits per heavy atom. The number of carbonyl (C=O) groups is 2. The normalized spacial score (nSPS) is 18.3. The lowest BCUT2D eigenvalue weighted by molar-refractivity contribution is -0.139. The van der Waals surface area contributed by atoms with Crippen LogP contribution in [0.2, 0.25) is 0 Å². The van der Waals surface area contributed by atoms with Gasteiger partial charge in [0.25, 0.3) is 0 Å². The number of hydrogen-bond acceptors (Lipinski definition) is 3. The van der Waals surface area contributed by atoms with Gasteiger partial charge in [-0.3, -0.25) is 4.90 Å². The molecule has 124 valence electrons. The largest absolute Gasteiger partial charge is 0.463 e. The van der Waals surface area contributed by atoms with Crippen molar-refractivity contribution in [2.45, 2.75) is 39.8 Å². The van der Waals surface area contributed by atoms with Gasteiger partial charge in [0, 0.05) is 16.2 Å². The van der Waals surface area contributed by atoms with Crippen LogP contribution in [0.15, 0.2) is 40.0 Å². The summed E-state index contributed by atoms with van der Waals surface area (Å²) in [5, 5.41) is 2.92. The number of allylic oxidation sites excluding steroid dienone is 1. The Morgan fingerprint density at radius 1 is 1.35 bits per heavy atom. The van der Waals surface area contributed by atoms with E-state index in [-0.39, 0.29) is 18.7 Å². The minimum atomic E-state index is -0.510. The summed E-state index contributed by atoms with van der Waals surface area (Å²) in [6.45, 7) is 7.66. The third-order valence-corrected chi connectivity index (χ3v) is 4.27. The van der Waals surface area contributed by atoms with Gasteiger partial charge in [-0.05, 0) is 45.4 Å². The van der Waals surface area contributed by atoms with Crippen LogP contribution in [0, 0.1) is 0 Å². The van der Waals surface area contributed by atoms with Gasteiger partial charge in [-0.1, -0.05) is 28.1 Å². The first-order valence-electron chi connectivity index (χ1n) is 7.59. The predicted molar refractivity (Wildman–Crippen MR) is 91.7 cm³/mol. The molecule has 0 saturated carbocycles. The van der Waals surface area contributed by atoms with Crippen LogP contribution in [0.4, 0.5) is 4.79 Å². The molecule has 0 radical (unpaired) electrons. The van der Waals surface area contributed by atoms with E-state index in [4.69, 9.17) is 4.74 Å². The molecule has 5 nitrogen and oxygen atoms in total. The molecule has 0 saturated heterocycles. The highest BCUT2D eigenvalue weighted by Gasteiger charge is 2.37. The first-order chi connectivity index (χ1) is 10.9. The van der Waals surface area contributed by atoms with E-state index >= 15 is 0 Å². The van der Waals surface area contributed by atoms with E-state index < -0.39 is 12.0 Å². The quantitative estimate of drug-likeness (QED) is 0.808. The summed E-state index contributed by atoms with van der Waals surface area (Å²) < 4.78 is 6.14. The lowest BCUT2D eigenvalue weighted by atomic mass is 9.94. The number of ether oxygens (including phenoxy) is 1. The second-order valence-electron chi connectivity index (χ2n) is 5.62. The SMILES string of the molecule is CCOC(=O)C1=C(C)N(C(C)C)C(=O)N[C@@H]1c1ccc(Br)cc1. The van der Waals surface area contributed by atoms with Crippen LogP contribution in [0.1, 0.15) is 39.3 Å². The van der Waals surface area contributed by atoms with Gasteiger partial charge in [-0.2, -0.15) is 0 Å². The Kier molecular flexibility index (Phi) is 5.46. The molecule has 0 aliphatic carbocycles. The molecule has 1 atom stereocenters. The van der Waals surface area contributed by atoms with Crippen molar-refractivity contribution < 1.29 is 14.3 Å². The second kappa shape index (κ2) is 7.17. The maximum atomic E-state index is 12.5. The minimum absolute atomic E-state index is 0.0507. The molecule has 0 bridgehead atoms. The maximum absolute atomic E-state index is 12.5. The number of carbonyl (C=O) groups excluding carboxylic acids is 2. The standard InChI is InChI=1S/C17H21BrN2O3/c1-5-23-16(21)14-11(4)20(10(2)3)17(22)19-15(14)12-6-8-13(18)9-7-12/h6-10,15H,5H2,1-4H3,(H,19,22)/t15-/m1/s1. The van der Waals surface area contributed by atoms with Gasteiger partial charge >= 0.3 is 12.0 Å². The summed E-state index contributed by atoms with van der Waals surface area (Å²) in [5.74, 6) is -0.399. The Labute approximate surface area is 144 Å². The van der Waals surface area contributed by atoms with Crippen molar-refractivity contribution in [2.24, 2.45) is 0 Å². The van der Waals surface area contributed by atoms with Gasteiger partial charge in [0.15, 0.2) is 0 Å². The van der Waals surface area contributed by atoms with Crippen molar-refractivity contribution in [3.63, 3.8) is 0 Å². The van der Waals surface area contributed by atoms with E-state index in [1.807, 2.05) is 38.1 Å². The van der Waals surface area contributed by atoms with Crippen molar-refractivity contribution in [3.05, 3.63) is 45.6 Å². The van der Waals surface area contributed by atoms with Crippen molar-refractivity contribution in [1.82, 2.24) is 10.2 Å². The Bertz CT molecular complexity index is 638. The zero-order chi connectivity index (χ0) is 17.1. The summed E-state index contributed by atoms with van der Waals surface area (Å²) in [5.41, 5.74) is 1.95. The molecule has 1 aliphatic heterocycles. The van der Waals surface area contributed by atoms with Crippen LogP contribution in [0.5, 0.6) is 0 Å². The molecule has 1 aromatic carbocycles. The maximum Gasteiger partial charge on any atom is 0.338 e. The van der Waals surface area contributed by atoms with E-state index in [9.17, 15) is 9.59 Å². The van der Waals surface area contributed by atoms with Crippen molar-refractivity contribution >= 4 is 27.9 Å². The molecule has 23 heavy (non-hydrogen) atoms. The fraction of sp³-hybridized carbons (Fsp3) is 0.412. The molecule has 0 spiro atoms. The second-order valence-corrected chi connectivity index (χ2v) is 6.53. The molecule has 0 aromatic heterocycles. The molecular weight excluding hydrogens is 360 g/mol. The average molecular weight is 381 g/mol. The lowest BCUT2D eigenvalue weighted by Crippen LogP contribution is -2.50. The van der Waals surface area contributed by atoms with Crippen LogP contribution in [-0.2, 0) is 9.53 Å². The van der Waals surface area contributed by atoms with E-state index in [2.05, 4.69) is 21.2 Å². The number of rotatable bonds is 4. The molecule has 2 amide bonds. The third kappa shape index (κ3) is 3.58. The Morgan fingerprint density at radius 2 is 1.96 bits per heavy atom. The first-order valence-corrected chi connectivity index (χ1v) is 8.39. The summed E-state index contributed by atoms with van der Waals surface area (Å²) in [6.07, 6.45) is 0. The van der Waals surface area contributed by atoms with E-state index in [0.717, 1.165) is 10.0 Å². The third-order valence-electron chi connectivity index (χ3n) is 3.74. The van der Waals surface area contributed by atoms with Gasteiger partial charge in [0.05, 0.1) is 18.2 Å². The number of urea groups is 1. The lowest BCUT2D eigenvalue weighted by Gasteiger charge is -2.37. The van der Waals surface area contributed by atoms with Crippen LogP contribution >= 0.6 is 15.9 Å². The fourth-order valence-corrected chi connectivity index (χ4v) is 3.02. The molecule has 1 aliphatic rings.